The Morgan fingerprint density at radius 1 is 0.379 bits per heavy atom. The Labute approximate surface area is 342 Å². The molecule has 9 aromatic rings. The highest BCUT2D eigenvalue weighted by atomic mass is 28.3. The second kappa shape index (κ2) is 12.7. The lowest BCUT2D eigenvalue weighted by Gasteiger charge is -2.35. The zero-order chi connectivity index (χ0) is 39.2. The van der Waals surface area contributed by atoms with Crippen molar-refractivity contribution in [2.45, 2.75) is 38.5 Å². The first-order chi connectivity index (χ1) is 28.3. The summed E-state index contributed by atoms with van der Waals surface area (Å²) in [5.74, 6) is 0. The van der Waals surface area contributed by atoms with Crippen molar-refractivity contribution in [1.29, 1.82) is 0 Å². The van der Waals surface area contributed by atoms with Crippen LogP contribution in [0.4, 0.5) is 17.1 Å². The molecule has 1 aromatic heterocycles. The molecular formula is C55H44N2Si. The van der Waals surface area contributed by atoms with Crippen molar-refractivity contribution in [1.82, 2.24) is 4.98 Å². The third kappa shape index (κ3) is 4.87. The van der Waals surface area contributed by atoms with E-state index in [0.29, 0.717) is 0 Å². The number of rotatable bonds is 7. The molecule has 0 bridgehead atoms. The molecule has 2 aliphatic rings. The lowest BCUT2D eigenvalue weighted by Crippen LogP contribution is -2.74. The number of benzene rings is 8. The van der Waals surface area contributed by atoms with Crippen LogP contribution in [0, 0.1) is 0 Å². The van der Waals surface area contributed by atoms with Crippen LogP contribution in [0.15, 0.2) is 194 Å². The summed E-state index contributed by atoms with van der Waals surface area (Å²) in [7, 11) is -2.69. The number of anilines is 3. The molecular weight excluding hydrogens is 717 g/mol. The van der Waals surface area contributed by atoms with Crippen molar-refractivity contribution in [2.24, 2.45) is 0 Å². The average Bonchev–Trinajstić information content (AvgIpc) is 3.64. The molecule has 0 saturated heterocycles. The molecule has 11 rings (SSSR count). The zero-order valence-electron chi connectivity index (χ0n) is 33.4. The Kier molecular flexibility index (Phi) is 7.61. The van der Waals surface area contributed by atoms with Gasteiger partial charge in [-0.2, -0.15) is 0 Å². The number of hydrogen-bond donors (Lipinski definition) is 0. The van der Waals surface area contributed by atoms with Gasteiger partial charge < -0.3 is 4.90 Å². The third-order valence-corrected chi connectivity index (χ3v) is 18.2. The second-order valence-electron chi connectivity index (χ2n) is 17.2. The van der Waals surface area contributed by atoms with Crippen LogP contribution in [0.5, 0.6) is 0 Å². The molecule has 0 N–H and O–H groups in total. The Balaban J connectivity index is 1.09. The number of nitrogens with zero attached hydrogens (tertiary/aromatic N) is 2. The molecule has 0 saturated carbocycles. The van der Waals surface area contributed by atoms with Crippen molar-refractivity contribution < 1.29 is 0 Å². The monoisotopic (exact) mass is 760 g/mol. The summed E-state index contributed by atoms with van der Waals surface area (Å²) < 4.78 is 0. The molecule has 2 nitrogen and oxygen atoms in total. The zero-order valence-corrected chi connectivity index (χ0v) is 34.4. The highest BCUT2D eigenvalue weighted by Crippen LogP contribution is 2.53. The van der Waals surface area contributed by atoms with Gasteiger partial charge in [-0.1, -0.05) is 173 Å². The summed E-state index contributed by atoms with van der Waals surface area (Å²) in [6.07, 6.45) is 3.81. The van der Waals surface area contributed by atoms with E-state index in [0.717, 1.165) is 17.1 Å². The molecule has 0 aliphatic heterocycles. The highest BCUT2D eigenvalue weighted by Gasteiger charge is 2.44. The summed E-state index contributed by atoms with van der Waals surface area (Å²) in [5.41, 5.74) is 11.2. The fourth-order valence-electron chi connectivity index (χ4n) is 10.6. The fourth-order valence-corrected chi connectivity index (χ4v) is 15.4. The van der Waals surface area contributed by atoms with Gasteiger partial charge in [0.15, 0.2) is 8.07 Å². The van der Waals surface area contributed by atoms with E-state index in [2.05, 4.69) is 220 Å². The molecule has 1 heterocycles. The normalized spacial score (nSPS) is 14.5. The quantitative estimate of drug-likeness (QED) is 0.0914. The molecule has 2 aliphatic carbocycles. The van der Waals surface area contributed by atoms with Gasteiger partial charge in [-0.3, -0.25) is 4.98 Å². The van der Waals surface area contributed by atoms with Crippen LogP contribution in [0.2, 0.25) is 0 Å². The Hall–Kier alpha value is -6.55. The van der Waals surface area contributed by atoms with E-state index in [-0.39, 0.29) is 10.8 Å². The van der Waals surface area contributed by atoms with Gasteiger partial charge in [0.1, 0.15) is 0 Å². The van der Waals surface area contributed by atoms with E-state index >= 15 is 0 Å². The van der Waals surface area contributed by atoms with E-state index in [1.54, 1.807) is 0 Å². The smallest absolute Gasteiger partial charge is 0.179 e. The Morgan fingerprint density at radius 2 is 0.914 bits per heavy atom. The van der Waals surface area contributed by atoms with E-state index in [9.17, 15) is 0 Å². The maximum atomic E-state index is 4.43. The average molecular weight is 761 g/mol. The van der Waals surface area contributed by atoms with Gasteiger partial charge >= 0.3 is 0 Å². The number of pyridine rings is 1. The maximum absolute atomic E-state index is 4.43. The summed E-state index contributed by atoms with van der Waals surface area (Å²) in [4.78, 5) is 6.87. The van der Waals surface area contributed by atoms with Crippen LogP contribution in [0.1, 0.15) is 49.9 Å². The fraction of sp³-hybridized carbons (Fsp3) is 0.109. The van der Waals surface area contributed by atoms with Crippen molar-refractivity contribution >= 4 is 67.4 Å². The predicted molar refractivity (Wildman–Crippen MR) is 247 cm³/mol. The largest absolute Gasteiger partial charge is 0.310 e. The first-order valence-corrected chi connectivity index (χ1v) is 22.4. The molecule has 58 heavy (non-hydrogen) atoms. The molecule has 0 spiro atoms. The molecule has 3 heteroatoms. The third-order valence-electron chi connectivity index (χ3n) is 13.4. The van der Waals surface area contributed by atoms with Crippen LogP contribution >= 0.6 is 0 Å². The van der Waals surface area contributed by atoms with Gasteiger partial charge in [0.2, 0.25) is 0 Å². The number of fused-ring (bicyclic) bond motifs is 3. The van der Waals surface area contributed by atoms with Crippen LogP contribution < -0.4 is 25.6 Å². The molecule has 0 unspecified atom stereocenters. The van der Waals surface area contributed by atoms with Gasteiger partial charge in [-0.15, -0.1) is 0 Å². The van der Waals surface area contributed by atoms with Crippen molar-refractivity contribution in [3.05, 3.63) is 217 Å². The summed E-state index contributed by atoms with van der Waals surface area (Å²) >= 11 is 0. The predicted octanol–water partition coefficient (Wildman–Crippen LogP) is 11.2. The Bertz CT molecular complexity index is 2950. The number of aromatic nitrogens is 1. The van der Waals surface area contributed by atoms with Crippen LogP contribution in [-0.2, 0) is 10.8 Å². The van der Waals surface area contributed by atoms with Gasteiger partial charge in [-0.25, -0.2) is 0 Å². The second-order valence-corrected chi connectivity index (χ2v) is 21.0. The topological polar surface area (TPSA) is 16.1 Å². The molecule has 278 valence electrons. The van der Waals surface area contributed by atoms with Crippen LogP contribution in [0.25, 0.3) is 32.7 Å². The maximum Gasteiger partial charge on any atom is 0.179 e. The minimum absolute atomic E-state index is 0.113. The van der Waals surface area contributed by atoms with Gasteiger partial charge in [0, 0.05) is 40.3 Å². The van der Waals surface area contributed by atoms with Crippen LogP contribution in [-0.4, -0.2) is 13.1 Å². The van der Waals surface area contributed by atoms with Crippen LogP contribution in [0.3, 0.4) is 0 Å². The number of hydrogen-bond acceptors (Lipinski definition) is 2. The highest BCUT2D eigenvalue weighted by molar-refractivity contribution is 7.19. The van der Waals surface area contributed by atoms with Crippen molar-refractivity contribution in [3.63, 3.8) is 0 Å². The summed E-state index contributed by atoms with van der Waals surface area (Å²) in [5, 5.41) is 11.0. The first-order valence-electron chi connectivity index (χ1n) is 20.4. The standard InChI is InChI=1S/C55H44N2Si/c1-54(2)48-22-14-15-37-23-24-38-33-41(35-51(54)53(38)52(37)48)57(39-29-31-56-32-30-39)40-25-27-46-47-28-26-45(36-50(47)55(3,4)49(46)34-40)58(42-16-8-5-9-17-42,43-18-10-6-11-19-43)44-20-12-7-13-21-44/h5-36H,1-4H3. The molecule has 0 amide bonds. The molecule has 8 aromatic carbocycles. The lowest BCUT2D eigenvalue weighted by molar-refractivity contribution is 0.661. The summed E-state index contributed by atoms with van der Waals surface area (Å²) in [6.45, 7) is 9.59. The lowest BCUT2D eigenvalue weighted by atomic mass is 9.81. The van der Waals surface area contributed by atoms with Gasteiger partial charge in [-0.05, 0) is 112 Å². The molecule has 0 atom stereocenters. The van der Waals surface area contributed by atoms with Crippen molar-refractivity contribution in [2.75, 3.05) is 4.90 Å². The van der Waals surface area contributed by atoms with E-state index in [4.69, 9.17) is 0 Å². The van der Waals surface area contributed by atoms with Gasteiger partial charge in [0.05, 0.1) is 0 Å². The minimum Gasteiger partial charge on any atom is -0.310 e. The minimum atomic E-state index is -2.69. The van der Waals surface area contributed by atoms with E-state index < -0.39 is 8.07 Å². The molecule has 0 fully saturated rings. The first kappa shape index (κ1) is 34.7. The van der Waals surface area contributed by atoms with Gasteiger partial charge in [0.25, 0.3) is 0 Å². The van der Waals surface area contributed by atoms with E-state index in [1.165, 1.54) is 75.7 Å². The molecule has 0 radical (unpaired) electrons. The SMILES string of the molecule is CC1(C)c2cc(N(c3ccncc3)c3cc4c5c(ccc6cccc(c65)C4(C)C)c3)ccc2-c2ccc([Si](c3ccccc3)(c3ccccc3)c3ccccc3)cc21. The van der Waals surface area contributed by atoms with Crippen molar-refractivity contribution in [3.8, 4) is 11.1 Å². The van der Waals surface area contributed by atoms with E-state index in [1.807, 2.05) is 12.4 Å². The Morgan fingerprint density at radius 3 is 1.55 bits per heavy atom. The summed E-state index contributed by atoms with van der Waals surface area (Å²) in [6, 6.07) is 68.8.